The highest BCUT2D eigenvalue weighted by molar-refractivity contribution is 6.35. The van der Waals surface area contributed by atoms with E-state index >= 15 is 0 Å². The van der Waals surface area contributed by atoms with Gasteiger partial charge in [0, 0.05) is 32.2 Å². The molecule has 0 unspecified atom stereocenters. The number of piperazine rings is 1. The smallest absolute Gasteiger partial charge is 0.153 e. The van der Waals surface area contributed by atoms with Crippen LogP contribution in [0.1, 0.15) is 6.92 Å². The van der Waals surface area contributed by atoms with Gasteiger partial charge in [-0.3, -0.25) is 4.90 Å². The SMILES string of the molecule is C[C@H]1CN(c2ncnc(N)c2Cl)CCN1CCO. The topological polar surface area (TPSA) is 78.5 Å². The second kappa shape index (κ2) is 5.69. The Morgan fingerprint density at radius 1 is 1.50 bits per heavy atom. The van der Waals surface area contributed by atoms with Crippen LogP contribution in [-0.4, -0.2) is 58.8 Å². The van der Waals surface area contributed by atoms with Crippen LogP contribution in [0.4, 0.5) is 11.6 Å². The van der Waals surface area contributed by atoms with Crippen molar-refractivity contribution in [2.75, 3.05) is 43.4 Å². The van der Waals surface area contributed by atoms with Crippen molar-refractivity contribution in [3.8, 4) is 0 Å². The Bertz CT molecular complexity index is 416. The third-order valence-electron chi connectivity index (χ3n) is 3.25. The Labute approximate surface area is 111 Å². The summed E-state index contributed by atoms with van der Waals surface area (Å²) >= 11 is 6.13. The van der Waals surface area contributed by atoms with Gasteiger partial charge in [-0.25, -0.2) is 9.97 Å². The lowest BCUT2D eigenvalue weighted by molar-refractivity contribution is 0.146. The number of aliphatic hydroxyl groups is 1. The minimum Gasteiger partial charge on any atom is -0.395 e. The van der Waals surface area contributed by atoms with Crippen molar-refractivity contribution in [2.24, 2.45) is 0 Å². The first-order valence-corrected chi connectivity index (χ1v) is 6.37. The van der Waals surface area contributed by atoms with Crippen LogP contribution >= 0.6 is 11.6 Å². The monoisotopic (exact) mass is 271 g/mol. The van der Waals surface area contributed by atoms with E-state index < -0.39 is 0 Å². The van der Waals surface area contributed by atoms with Crippen LogP contribution in [0.5, 0.6) is 0 Å². The number of hydrogen-bond donors (Lipinski definition) is 2. The summed E-state index contributed by atoms with van der Waals surface area (Å²) in [6.45, 7) is 5.53. The molecule has 7 heteroatoms. The van der Waals surface area contributed by atoms with Gasteiger partial charge in [-0.1, -0.05) is 11.6 Å². The van der Waals surface area contributed by atoms with Crippen molar-refractivity contribution >= 4 is 23.2 Å². The first-order valence-electron chi connectivity index (χ1n) is 5.99. The molecule has 0 spiro atoms. The number of aliphatic hydroxyl groups excluding tert-OH is 1. The standard InChI is InChI=1S/C11H18ClN5O/c1-8-6-17(3-2-16(8)4-5-18)11-9(12)10(13)14-7-15-11/h7-8,18H,2-6H2,1H3,(H2,13,14,15)/t8-/m0/s1. The summed E-state index contributed by atoms with van der Waals surface area (Å²) in [5.74, 6) is 1.01. The van der Waals surface area contributed by atoms with Crippen LogP contribution in [0, 0.1) is 0 Å². The summed E-state index contributed by atoms with van der Waals surface area (Å²) in [5.41, 5.74) is 5.68. The lowest BCUT2D eigenvalue weighted by Crippen LogP contribution is -2.53. The Kier molecular flexibility index (Phi) is 4.21. The number of nitrogen functional groups attached to an aromatic ring is 1. The van der Waals surface area contributed by atoms with Crippen molar-refractivity contribution in [1.82, 2.24) is 14.9 Å². The van der Waals surface area contributed by atoms with E-state index in [1.165, 1.54) is 6.33 Å². The molecule has 1 aromatic heterocycles. The Balaban J connectivity index is 2.10. The van der Waals surface area contributed by atoms with E-state index in [4.69, 9.17) is 22.4 Å². The maximum Gasteiger partial charge on any atom is 0.153 e. The van der Waals surface area contributed by atoms with Gasteiger partial charge in [-0.15, -0.1) is 0 Å². The van der Waals surface area contributed by atoms with Gasteiger partial charge in [0.05, 0.1) is 6.61 Å². The fraction of sp³-hybridized carbons (Fsp3) is 0.636. The molecule has 1 fully saturated rings. The number of rotatable bonds is 3. The molecular formula is C11H18ClN5O. The Hall–Kier alpha value is -1.11. The normalized spacial score (nSPS) is 21.3. The first-order chi connectivity index (χ1) is 8.63. The quantitative estimate of drug-likeness (QED) is 0.819. The molecule has 0 amide bonds. The number of anilines is 2. The van der Waals surface area contributed by atoms with Gasteiger partial charge in [0.1, 0.15) is 17.2 Å². The molecule has 0 saturated carbocycles. The van der Waals surface area contributed by atoms with E-state index in [1.807, 2.05) is 0 Å². The molecule has 0 radical (unpaired) electrons. The van der Waals surface area contributed by atoms with Gasteiger partial charge in [0.15, 0.2) is 5.82 Å². The zero-order valence-electron chi connectivity index (χ0n) is 10.4. The van der Waals surface area contributed by atoms with Gasteiger partial charge in [-0.05, 0) is 6.92 Å². The third kappa shape index (κ3) is 2.66. The second-order valence-electron chi connectivity index (χ2n) is 4.45. The van der Waals surface area contributed by atoms with Crippen LogP contribution in [0.3, 0.4) is 0 Å². The van der Waals surface area contributed by atoms with E-state index in [1.54, 1.807) is 0 Å². The Morgan fingerprint density at radius 2 is 2.28 bits per heavy atom. The molecule has 0 aliphatic carbocycles. The van der Waals surface area contributed by atoms with E-state index in [0.717, 1.165) is 19.6 Å². The lowest BCUT2D eigenvalue weighted by atomic mass is 10.2. The summed E-state index contributed by atoms with van der Waals surface area (Å²) in [6.07, 6.45) is 1.43. The number of nitrogens with zero attached hydrogens (tertiary/aromatic N) is 4. The van der Waals surface area contributed by atoms with Crippen LogP contribution in [0.25, 0.3) is 0 Å². The average molecular weight is 272 g/mol. The molecule has 1 aliphatic rings. The molecule has 100 valence electrons. The predicted molar refractivity (Wildman–Crippen MR) is 71.8 cm³/mol. The van der Waals surface area contributed by atoms with Crippen LogP contribution in [0.2, 0.25) is 5.02 Å². The second-order valence-corrected chi connectivity index (χ2v) is 4.83. The van der Waals surface area contributed by atoms with Crippen molar-refractivity contribution < 1.29 is 5.11 Å². The molecule has 1 saturated heterocycles. The molecule has 2 rings (SSSR count). The number of hydrogen-bond acceptors (Lipinski definition) is 6. The number of aromatic nitrogens is 2. The summed E-state index contributed by atoms with van der Waals surface area (Å²) in [6, 6.07) is 0.346. The molecule has 3 N–H and O–H groups in total. The van der Waals surface area contributed by atoms with Gasteiger partial charge in [0.25, 0.3) is 0 Å². The first kappa shape index (κ1) is 13.3. The molecule has 18 heavy (non-hydrogen) atoms. The van der Waals surface area contributed by atoms with Crippen molar-refractivity contribution in [2.45, 2.75) is 13.0 Å². The summed E-state index contributed by atoms with van der Waals surface area (Å²) in [7, 11) is 0. The lowest BCUT2D eigenvalue weighted by Gasteiger charge is -2.40. The molecule has 1 aromatic rings. The van der Waals surface area contributed by atoms with Crippen molar-refractivity contribution in [3.05, 3.63) is 11.3 Å². The average Bonchev–Trinajstić information content (AvgIpc) is 2.35. The molecular weight excluding hydrogens is 254 g/mol. The van der Waals surface area contributed by atoms with Gasteiger partial charge >= 0.3 is 0 Å². The largest absolute Gasteiger partial charge is 0.395 e. The molecule has 1 aliphatic heterocycles. The van der Waals surface area contributed by atoms with Gasteiger partial charge in [-0.2, -0.15) is 0 Å². The van der Waals surface area contributed by atoms with E-state index in [9.17, 15) is 0 Å². The highest BCUT2D eigenvalue weighted by Gasteiger charge is 2.25. The van der Waals surface area contributed by atoms with Crippen LogP contribution in [-0.2, 0) is 0 Å². The van der Waals surface area contributed by atoms with Gasteiger partial charge in [0.2, 0.25) is 0 Å². The fourth-order valence-electron chi connectivity index (χ4n) is 2.24. The highest BCUT2D eigenvalue weighted by Crippen LogP contribution is 2.28. The minimum atomic E-state index is 0.186. The summed E-state index contributed by atoms with van der Waals surface area (Å²) < 4.78 is 0. The molecule has 0 bridgehead atoms. The number of nitrogens with two attached hydrogens (primary N) is 1. The third-order valence-corrected chi connectivity index (χ3v) is 3.61. The van der Waals surface area contributed by atoms with E-state index in [0.29, 0.717) is 29.2 Å². The van der Waals surface area contributed by atoms with Gasteiger partial charge < -0.3 is 15.7 Å². The molecule has 0 aromatic carbocycles. The van der Waals surface area contributed by atoms with E-state index in [-0.39, 0.29) is 6.61 Å². The maximum absolute atomic E-state index is 8.99. The molecule has 2 heterocycles. The fourth-order valence-corrected chi connectivity index (χ4v) is 2.46. The predicted octanol–water partition coefficient (Wildman–Crippen LogP) is 0.215. The summed E-state index contributed by atoms with van der Waals surface area (Å²) in [5, 5.41) is 9.40. The van der Waals surface area contributed by atoms with Crippen LogP contribution in [0.15, 0.2) is 6.33 Å². The Morgan fingerprint density at radius 3 is 2.94 bits per heavy atom. The minimum absolute atomic E-state index is 0.186. The number of halogens is 1. The van der Waals surface area contributed by atoms with Crippen LogP contribution < -0.4 is 10.6 Å². The zero-order valence-corrected chi connectivity index (χ0v) is 11.1. The van der Waals surface area contributed by atoms with Crippen molar-refractivity contribution in [3.63, 3.8) is 0 Å². The van der Waals surface area contributed by atoms with E-state index in [2.05, 4.69) is 26.7 Å². The molecule has 1 atom stereocenters. The van der Waals surface area contributed by atoms with Crippen molar-refractivity contribution in [1.29, 1.82) is 0 Å². The molecule has 6 nitrogen and oxygen atoms in total. The maximum atomic E-state index is 8.99. The highest BCUT2D eigenvalue weighted by atomic mass is 35.5. The number of β-amino-alcohol motifs (C(OH)–C–C–N with tert-alkyl or cyclic N) is 1. The zero-order chi connectivity index (χ0) is 13.1. The summed E-state index contributed by atoms with van der Waals surface area (Å²) in [4.78, 5) is 12.4.